The predicted octanol–water partition coefficient (Wildman–Crippen LogP) is 3.76. The second-order valence-corrected chi connectivity index (χ2v) is 6.12. The van der Waals surface area contributed by atoms with Gasteiger partial charge in [-0.15, -0.1) is 11.8 Å². The Kier molecular flexibility index (Phi) is 6.93. The van der Waals surface area contributed by atoms with Crippen LogP contribution in [-0.2, 0) is 0 Å². The molecule has 4 nitrogen and oxygen atoms in total. The molecule has 0 spiro atoms. The van der Waals surface area contributed by atoms with E-state index in [1.807, 2.05) is 0 Å². The molecule has 6 heteroatoms. The number of rotatable bonds is 8. The van der Waals surface area contributed by atoms with Gasteiger partial charge in [-0.1, -0.05) is 6.07 Å². The molecule has 0 unspecified atom stereocenters. The van der Waals surface area contributed by atoms with Gasteiger partial charge in [0.05, 0.1) is 19.8 Å². The van der Waals surface area contributed by atoms with Crippen molar-refractivity contribution < 1.29 is 18.7 Å². The van der Waals surface area contributed by atoms with E-state index < -0.39 is 0 Å². The van der Waals surface area contributed by atoms with Gasteiger partial charge in [0.25, 0.3) is 5.91 Å². The lowest BCUT2D eigenvalue weighted by Crippen LogP contribution is -2.25. The van der Waals surface area contributed by atoms with E-state index in [1.165, 1.54) is 26.4 Å². The Morgan fingerprint density at radius 3 is 2.54 bits per heavy atom. The monoisotopic (exact) mass is 349 g/mol. The van der Waals surface area contributed by atoms with E-state index >= 15 is 0 Å². The Labute approximate surface area is 145 Å². The average molecular weight is 349 g/mol. The molecule has 1 N–H and O–H groups in total. The lowest BCUT2D eigenvalue weighted by molar-refractivity contribution is 0.0950. The number of benzene rings is 2. The standard InChI is InChI=1S/C18H20FNO3S/c1-22-16-6-3-5-15(17(16)23-2)18(21)20-11-4-12-24-14-9-7-13(19)8-10-14/h3,5-10H,4,11-12H2,1-2H3,(H,20,21). The third-order valence-corrected chi connectivity index (χ3v) is 4.43. The van der Waals surface area contributed by atoms with Crippen molar-refractivity contribution in [1.82, 2.24) is 5.32 Å². The van der Waals surface area contributed by atoms with E-state index in [2.05, 4.69) is 5.32 Å². The van der Waals surface area contributed by atoms with Crippen LogP contribution in [0.4, 0.5) is 4.39 Å². The third kappa shape index (κ3) is 4.89. The summed E-state index contributed by atoms with van der Waals surface area (Å²) < 4.78 is 23.3. The fourth-order valence-electron chi connectivity index (χ4n) is 2.16. The Morgan fingerprint density at radius 1 is 1.12 bits per heavy atom. The molecule has 0 aliphatic rings. The van der Waals surface area contributed by atoms with E-state index in [9.17, 15) is 9.18 Å². The van der Waals surface area contributed by atoms with Crippen molar-refractivity contribution in [3.63, 3.8) is 0 Å². The van der Waals surface area contributed by atoms with Crippen molar-refractivity contribution in [2.75, 3.05) is 26.5 Å². The molecule has 24 heavy (non-hydrogen) atoms. The molecule has 0 fully saturated rings. The third-order valence-electron chi connectivity index (χ3n) is 3.34. The minimum atomic E-state index is -0.237. The number of halogens is 1. The minimum Gasteiger partial charge on any atom is -0.493 e. The molecule has 2 aromatic rings. The zero-order chi connectivity index (χ0) is 17.4. The van der Waals surface area contributed by atoms with E-state index in [-0.39, 0.29) is 11.7 Å². The van der Waals surface area contributed by atoms with Gasteiger partial charge in [0.15, 0.2) is 11.5 Å². The van der Waals surface area contributed by atoms with Gasteiger partial charge < -0.3 is 14.8 Å². The number of thioether (sulfide) groups is 1. The van der Waals surface area contributed by atoms with Crippen molar-refractivity contribution in [1.29, 1.82) is 0 Å². The van der Waals surface area contributed by atoms with Crippen LogP contribution in [0.2, 0.25) is 0 Å². The molecule has 0 radical (unpaired) electrons. The van der Waals surface area contributed by atoms with Crippen LogP contribution in [0.15, 0.2) is 47.4 Å². The van der Waals surface area contributed by atoms with Gasteiger partial charge >= 0.3 is 0 Å². The van der Waals surface area contributed by atoms with E-state index in [1.54, 1.807) is 42.1 Å². The molecule has 0 aromatic heterocycles. The van der Waals surface area contributed by atoms with E-state index in [0.29, 0.717) is 23.6 Å². The molecule has 0 aliphatic carbocycles. The number of amides is 1. The normalized spacial score (nSPS) is 10.3. The summed E-state index contributed by atoms with van der Waals surface area (Å²) in [5.74, 6) is 1.35. The summed E-state index contributed by atoms with van der Waals surface area (Å²) in [5, 5.41) is 2.87. The van der Waals surface area contributed by atoms with Crippen molar-refractivity contribution in [3.05, 3.63) is 53.8 Å². The van der Waals surface area contributed by atoms with Crippen LogP contribution in [0.1, 0.15) is 16.8 Å². The molecule has 128 valence electrons. The van der Waals surface area contributed by atoms with Gasteiger partial charge in [0, 0.05) is 11.4 Å². The summed E-state index contributed by atoms with van der Waals surface area (Å²) in [6.07, 6.45) is 0.806. The summed E-state index contributed by atoms with van der Waals surface area (Å²) in [6, 6.07) is 11.6. The van der Waals surface area contributed by atoms with Crippen LogP contribution < -0.4 is 14.8 Å². The molecule has 0 heterocycles. The highest BCUT2D eigenvalue weighted by Crippen LogP contribution is 2.30. The molecule has 0 saturated carbocycles. The second-order valence-electron chi connectivity index (χ2n) is 4.95. The molecule has 2 rings (SSSR count). The Balaban J connectivity index is 1.80. The number of hydrogen-bond acceptors (Lipinski definition) is 4. The molecule has 0 saturated heterocycles. The van der Waals surface area contributed by atoms with Crippen LogP contribution in [0, 0.1) is 5.82 Å². The molecule has 2 aromatic carbocycles. The number of methoxy groups -OCH3 is 2. The SMILES string of the molecule is COc1cccc(C(=O)NCCCSc2ccc(F)cc2)c1OC. The van der Waals surface area contributed by atoms with Crippen molar-refractivity contribution in [3.8, 4) is 11.5 Å². The highest BCUT2D eigenvalue weighted by molar-refractivity contribution is 7.99. The number of carbonyl (C=O) groups excluding carboxylic acids is 1. The van der Waals surface area contributed by atoms with Crippen LogP contribution in [0.5, 0.6) is 11.5 Å². The maximum atomic E-state index is 12.8. The first-order valence-electron chi connectivity index (χ1n) is 7.53. The number of ether oxygens (including phenoxy) is 2. The zero-order valence-electron chi connectivity index (χ0n) is 13.7. The first-order valence-corrected chi connectivity index (χ1v) is 8.52. The molecule has 1 amide bonds. The highest BCUT2D eigenvalue weighted by atomic mass is 32.2. The molecule has 0 aliphatic heterocycles. The fourth-order valence-corrected chi connectivity index (χ4v) is 3.01. The first-order chi connectivity index (χ1) is 11.7. The molecular weight excluding hydrogens is 329 g/mol. The van der Waals surface area contributed by atoms with Gasteiger partial charge in [-0.05, 0) is 48.6 Å². The second kappa shape index (κ2) is 9.17. The van der Waals surface area contributed by atoms with Crippen LogP contribution in [0.3, 0.4) is 0 Å². The van der Waals surface area contributed by atoms with Crippen molar-refractivity contribution in [2.24, 2.45) is 0 Å². The van der Waals surface area contributed by atoms with E-state index in [0.717, 1.165) is 17.1 Å². The summed E-state index contributed by atoms with van der Waals surface area (Å²) >= 11 is 1.63. The average Bonchev–Trinajstić information content (AvgIpc) is 2.62. The van der Waals surface area contributed by atoms with Crippen LogP contribution >= 0.6 is 11.8 Å². The Morgan fingerprint density at radius 2 is 1.88 bits per heavy atom. The lowest BCUT2D eigenvalue weighted by Gasteiger charge is -2.12. The Hall–Kier alpha value is -2.21. The van der Waals surface area contributed by atoms with Gasteiger partial charge in [-0.25, -0.2) is 4.39 Å². The molecule has 0 bridgehead atoms. The van der Waals surface area contributed by atoms with Crippen molar-refractivity contribution >= 4 is 17.7 Å². The fraction of sp³-hybridized carbons (Fsp3) is 0.278. The Bertz CT molecular complexity index is 676. The van der Waals surface area contributed by atoms with Crippen LogP contribution in [-0.4, -0.2) is 32.4 Å². The maximum Gasteiger partial charge on any atom is 0.255 e. The van der Waals surface area contributed by atoms with Crippen LogP contribution in [0.25, 0.3) is 0 Å². The summed E-state index contributed by atoms with van der Waals surface area (Å²) in [5.41, 5.74) is 0.447. The number of hydrogen-bond donors (Lipinski definition) is 1. The number of carbonyl (C=O) groups is 1. The van der Waals surface area contributed by atoms with Gasteiger partial charge in [-0.3, -0.25) is 4.79 Å². The minimum absolute atomic E-state index is 0.197. The van der Waals surface area contributed by atoms with Gasteiger partial charge in [0.1, 0.15) is 5.82 Å². The zero-order valence-corrected chi connectivity index (χ0v) is 14.5. The van der Waals surface area contributed by atoms with Gasteiger partial charge in [0.2, 0.25) is 0 Å². The molecule has 0 atom stereocenters. The number of nitrogens with one attached hydrogen (secondary N) is 1. The summed E-state index contributed by atoms with van der Waals surface area (Å²) in [6.45, 7) is 0.549. The smallest absolute Gasteiger partial charge is 0.255 e. The maximum absolute atomic E-state index is 12.8. The topological polar surface area (TPSA) is 47.6 Å². The quantitative estimate of drug-likeness (QED) is 0.582. The lowest BCUT2D eigenvalue weighted by atomic mass is 10.1. The molecular formula is C18H20FNO3S. The van der Waals surface area contributed by atoms with Crippen molar-refractivity contribution in [2.45, 2.75) is 11.3 Å². The van der Waals surface area contributed by atoms with Gasteiger partial charge in [-0.2, -0.15) is 0 Å². The summed E-state index contributed by atoms with van der Waals surface area (Å²) in [7, 11) is 3.04. The highest BCUT2D eigenvalue weighted by Gasteiger charge is 2.15. The number of para-hydroxylation sites is 1. The predicted molar refractivity (Wildman–Crippen MR) is 93.6 cm³/mol. The van der Waals surface area contributed by atoms with E-state index in [4.69, 9.17) is 9.47 Å². The first kappa shape index (κ1) is 18.1. The summed E-state index contributed by atoms with van der Waals surface area (Å²) in [4.78, 5) is 13.3. The largest absolute Gasteiger partial charge is 0.493 e.